The fourth-order valence-electron chi connectivity index (χ4n) is 2.03. The van der Waals surface area contributed by atoms with Crippen LogP contribution in [0.1, 0.15) is 5.56 Å². The zero-order chi connectivity index (χ0) is 13.8. The van der Waals surface area contributed by atoms with E-state index in [2.05, 4.69) is 0 Å². The van der Waals surface area contributed by atoms with Crippen molar-refractivity contribution in [1.82, 2.24) is 4.90 Å². The van der Waals surface area contributed by atoms with Crippen LogP contribution < -0.4 is 0 Å². The number of nitrogens with zero attached hydrogens (tertiary/aromatic N) is 1. The Labute approximate surface area is 110 Å². The fraction of sp³-hybridized carbons (Fsp3) is 0.385. The van der Waals surface area contributed by atoms with Crippen LogP contribution in [0.3, 0.4) is 0 Å². The van der Waals surface area contributed by atoms with Crippen LogP contribution in [0.4, 0.5) is 0 Å². The zero-order valence-corrected chi connectivity index (χ0v) is 10.3. The number of hydrogen-bond donors (Lipinski definition) is 2. The van der Waals surface area contributed by atoms with Crippen molar-refractivity contribution >= 4 is 11.9 Å². The van der Waals surface area contributed by atoms with Crippen molar-refractivity contribution in [2.75, 3.05) is 19.8 Å². The summed E-state index contributed by atoms with van der Waals surface area (Å²) in [6.07, 6.45) is -0.0174. The molecule has 1 aliphatic heterocycles. The predicted octanol–water partition coefficient (Wildman–Crippen LogP) is 0.247. The summed E-state index contributed by atoms with van der Waals surface area (Å²) in [5.41, 5.74) is 0.489. The number of rotatable bonds is 3. The molecule has 1 aromatic carbocycles. The van der Waals surface area contributed by atoms with Crippen LogP contribution in [0, 0.1) is 0 Å². The average Bonchev–Trinajstić information content (AvgIpc) is 2.41. The van der Waals surface area contributed by atoms with Crippen LogP contribution in [0.25, 0.3) is 0 Å². The van der Waals surface area contributed by atoms with Gasteiger partial charge in [-0.15, -0.1) is 0 Å². The molecule has 6 heteroatoms. The third-order valence-electron chi connectivity index (χ3n) is 3.07. The number of ether oxygens (including phenoxy) is 1. The molecule has 1 unspecified atom stereocenters. The first-order chi connectivity index (χ1) is 9.09. The SMILES string of the molecule is O=C(O)C1COCCN1C(=O)Cc1ccccc1O. The van der Waals surface area contributed by atoms with Gasteiger partial charge >= 0.3 is 5.97 Å². The van der Waals surface area contributed by atoms with Gasteiger partial charge in [0.15, 0.2) is 6.04 Å². The van der Waals surface area contributed by atoms with Crippen molar-refractivity contribution in [3.8, 4) is 5.75 Å². The summed E-state index contributed by atoms with van der Waals surface area (Å²) in [6, 6.07) is 5.57. The van der Waals surface area contributed by atoms with E-state index in [-0.39, 0.29) is 31.2 Å². The maximum atomic E-state index is 12.1. The molecule has 0 spiro atoms. The summed E-state index contributed by atoms with van der Waals surface area (Å²) in [4.78, 5) is 24.5. The summed E-state index contributed by atoms with van der Waals surface area (Å²) in [7, 11) is 0. The van der Waals surface area contributed by atoms with E-state index >= 15 is 0 Å². The van der Waals surface area contributed by atoms with E-state index < -0.39 is 12.0 Å². The van der Waals surface area contributed by atoms with Gasteiger partial charge in [-0.25, -0.2) is 4.79 Å². The third kappa shape index (κ3) is 3.03. The largest absolute Gasteiger partial charge is 0.508 e. The molecule has 1 heterocycles. The van der Waals surface area contributed by atoms with Gasteiger partial charge in [0, 0.05) is 12.1 Å². The molecule has 1 saturated heterocycles. The van der Waals surface area contributed by atoms with Gasteiger partial charge in [0.25, 0.3) is 0 Å². The quantitative estimate of drug-likeness (QED) is 0.818. The van der Waals surface area contributed by atoms with Crippen molar-refractivity contribution in [3.63, 3.8) is 0 Å². The zero-order valence-electron chi connectivity index (χ0n) is 10.3. The van der Waals surface area contributed by atoms with E-state index in [1.165, 1.54) is 11.0 Å². The highest BCUT2D eigenvalue weighted by Gasteiger charge is 2.32. The molecule has 0 saturated carbocycles. The van der Waals surface area contributed by atoms with Gasteiger partial charge in [-0.2, -0.15) is 0 Å². The molecule has 2 rings (SSSR count). The standard InChI is InChI=1S/C13H15NO5/c15-11-4-2-1-3-9(11)7-12(16)14-5-6-19-8-10(14)13(17)18/h1-4,10,15H,5-8H2,(H,17,18). The highest BCUT2D eigenvalue weighted by atomic mass is 16.5. The van der Waals surface area contributed by atoms with E-state index in [1.54, 1.807) is 18.2 Å². The van der Waals surface area contributed by atoms with Crippen LogP contribution in [-0.4, -0.2) is 52.8 Å². The van der Waals surface area contributed by atoms with Crippen LogP contribution in [-0.2, 0) is 20.7 Å². The Hall–Kier alpha value is -2.08. The van der Waals surface area contributed by atoms with Crippen molar-refractivity contribution in [1.29, 1.82) is 0 Å². The Kier molecular flexibility index (Phi) is 4.01. The smallest absolute Gasteiger partial charge is 0.328 e. The van der Waals surface area contributed by atoms with Gasteiger partial charge in [0.1, 0.15) is 5.75 Å². The Bertz CT molecular complexity index is 488. The number of phenols is 1. The van der Waals surface area contributed by atoms with E-state index in [0.29, 0.717) is 12.2 Å². The van der Waals surface area contributed by atoms with Crippen molar-refractivity contribution in [2.45, 2.75) is 12.5 Å². The number of carboxylic acids is 1. The minimum Gasteiger partial charge on any atom is -0.508 e. The van der Waals surface area contributed by atoms with Crippen LogP contribution in [0.15, 0.2) is 24.3 Å². The first kappa shape index (κ1) is 13.4. The summed E-state index contributed by atoms with van der Waals surface area (Å²) < 4.78 is 5.07. The Morgan fingerprint density at radius 3 is 2.79 bits per heavy atom. The lowest BCUT2D eigenvalue weighted by Gasteiger charge is -2.33. The number of amides is 1. The van der Waals surface area contributed by atoms with Crippen molar-refractivity contribution < 1.29 is 24.5 Å². The predicted molar refractivity (Wildman–Crippen MR) is 65.8 cm³/mol. The van der Waals surface area contributed by atoms with E-state index in [0.717, 1.165) is 0 Å². The number of morpholine rings is 1. The number of carbonyl (C=O) groups excluding carboxylic acids is 1. The van der Waals surface area contributed by atoms with Gasteiger partial charge in [-0.05, 0) is 6.07 Å². The molecule has 1 fully saturated rings. The molecule has 0 aromatic heterocycles. The third-order valence-corrected chi connectivity index (χ3v) is 3.07. The molecular weight excluding hydrogens is 250 g/mol. The van der Waals surface area contributed by atoms with E-state index in [9.17, 15) is 14.7 Å². The van der Waals surface area contributed by atoms with Crippen molar-refractivity contribution in [3.05, 3.63) is 29.8 Å². The second-order valence-corrected chi connectivity index (χ2v) is 4.32. The molecule has 2 N–H and O–H groups in total. The molecule has 6 nitrogen and oxygen atoms in total. The molecule has 102 valence electrons. The lowest BCUT2D eigenvalue weighted by Crippen LogP contribution is -2.53. The van der Waals surface area contributed by atoms with Gasteiger partial charge < -0.3 is 19.8 Å². The molecule has 19 heavy (non-hydrogen) atoms. The molecule has 1 aliphatic rings. The number of carboxylic acid groups (broad SMARTS) is 1. The molecule has 1 amide bonds. The minimum atomic E-state index is -1.08. The number of benzene rings is 1. The number of aromatic hydroxyl groups is 1. The Morgan fingerprint density at radius 2 is 2.11 bits per heavy atom. The van der Waals surface area contributed by atoms with E-state index in [4.69, 9.17) is 9.84 Å². The van der Waals surface area contributed by atoms with Gasteiger partial charge in [-0.1, -0.05) is 18.2 Å². The van der Waals surface area contributed by atoms with Crippen LogP contribution in [0.5, 0.6) is 5.75 Å². The normalized spacial score (nSPS) is 19.2. The topological polar surface area (TPSA) is 87.1 Å². The molecule has 0 aliphatic carbocycles. The van der Waals surface area contributed by atoms with Gasteiger partial charge in [0.05, 0.1) is 19.6 Å². The number of aliphatic carboxylic acids is 1. The molecule has 0 bridgehead atoms. The highest BCUT2D eigenvalue weighted by Crippen LogP contribution is 2.18. The summed E-state index contributed by atoms with van der Waals surface area (Å²) in [6.45, 7) is 0.585. The summed E-state index contributed by atoms with van der Waals surface area (Å²) in [5.74, 6) is -1.36. The van der Waals surface area contributed by atoms with Crippen molar-refractivity contribution in [2.24, 2.45) is 0 Å². The fourth-order valence-corrected chi connectivity index (χ4v) is 2.03. The molecular formula is C13H15NO5. The lowest BCUT2D eigenvalue weighted by atomic mass is 10.1. The van der Waals surface area contributed by atoms with Gasteiger partial charge in [0.2, 0.25) is 5.91 Å². The second-order valence-electron chi connectivity index (χ2n) is 4.32. The average molecular weight is 265 g/mol. The van der Waals surface area contributed by atoms with Gasteiger partial charge in [-0.3, -0.25) is 4.79 Å². The van der Waals surface area contributed by atoms with Crippen LogP contribution >= 0.6 is 0 Å². The number of phenolic OH excluding ortho intramolecular Hbond substituents is 1. The molecule has 0 radical (unpaired) electrons. The number of para-hydroxylation sites is 1. The van der Waals surface area contributed by atoms with E-state index in [1.807, 2.05) is 0 Å². The highest BCUT2D eigenvalue weighted by molar-refractivity contribution is 5.85. The Balaban J connectivity index is 2.10. The maximum Gasteiger partial charge on any atom is 0.328 e. The second kappa shape index (κ2) is 5.71. The first-order valence-electron chi connectivity index (χ1n) is 5.96. The number of hydrogen-bond acceptors (Lipinski definition) is 4. The van der Waals surface area contributed by atoms with Crippen LogP contribution in [0.2, 0.25) is 0 Å². The maximum absolute atomic E-state index is 12.1. The summed E-state index contributed by atoms with van der Waals surface area (Å²) >= 11 is 0. The minimum absolute atomic E-state index is 0.00183. The Morgan fingerprint density at radius 1 is 1.37 bits per heavy atom. The molecule has 1 atom stereocenters. The number of carbonyl (C=O) groups is 2. The molecule has 1 aromatic rings. The lowest BCUT2D eigenvalue weighted by molar-refractivity contribution is -0.158. The summed E-state index contributed by atoms with van der Waals surface area (Å²) in [5, 5.41) is 18.7. The first-order valence-corrected chi connectivity index (χ1v) is 5.96. The monoisotopic (exact) mass is 265 g/mol.